The van der Waals surface area contributed by atoms with Crippen molar-refractivity contribution >= 4 is 51.7 Å². The number of hydrogen-bond donors (Lipinski definition) is 1. The number of aromatic nitrogens is 1. The smallest absolute Gasteiger partial charge is 0.311 e. The van der Waals surface area contributed by atoms with Gasteiger partial charge in [0.1, 0.15) is 0 Å². The number of ether oxygens (including phenoxy) is 1. The highest BCUT2D eigenvalue weighted by molar-refractivity contribution is 8.00. The number of thioether (sulfide) groups is 1. The number of nitrogens with zero attached hydrogens (tertiary/aromatic N) is 1. The number of esters is 1. The van der Waals surface area contributed by atoms with Crippen LogP contribution in [0.3, 0.4) is 0 Å². The first-order valence-electron chi connectivity index (χ1n) is 7.16. The Balaban J connectivity index is 1.83. The summed E-state index contributed by atoms with van der Waals surface area (Å²) in [5.41, 5.74) is 1.59. The average molecular weight is 385 g/mol. The molecule has 8 heteroatoms. The molecule has 1 atom stereocenters. The Morgan fingerprint density at radius 1 is 1.42 bits per heavy atom. The third kappa shape index (κ3) is 5.51. The van der Waals surface area contributed by atoms with E-state index >= 15 is 0 Å². The number of thiazole rings is 1. The molecule has 24 heavy (non-hydrogen) atoms. The van der Waals surface area contributed by atoms with E-state index in [1.165, 1.54) is 30.2 Å². The lowest BCUT2D eigenvalue weighted by Gasteiger charge is -2.12. The minimum Gasteiger partial charge on any atom is -0.469 e. The molecule has 0 saturated heterocycles. The molecule has 0 aliphatic carbocycles. The summed E-state index contributed by atoms with van der Waals surface area (Å²) in [6.45, 7) is 2.01. The van der Waals surface area contributed by atoms with Gasteiger partial charge in [-0.3, -0.25) is 9.59 Å². The maximum atomic E-state index is 12.0. The number of nitrogens with one attached hydrogen (secondary N) is 1. The van der Waals surface area contributed by atoms with Gasteiger partial charge in [0.15, 0.2) is 5.13 Å². The van der Waals surface area contributed by atoms with Crippen LogP contribution >= 0.6 is 34.7 Å². The summed E-state index contributed by atoms with van der Waals surface area (Å²) in [4.78, 5) is 27.4. The fraction of sp³-hybridized carbons (Fsp3) is 0.312. The third-order valence-corrected chi connectivity index (χ3v) is 5.49. The molecule has 0 bridgehead atoms. The number of amides is 1. The maximum Gasteiger partial charge on any atom is 0.311 e. The van der Waals surface area contributed by atoms with Gasteiger partial charge in [-0.25, -0.2) is 4.98 Å². The molecule has 1 amide bonds. The van der Waals surface area contributed by atoms with E-state index in [1.807, 2.05) is 31.2 Å². The first kappa shape index (κ1) is 18.8. The Kier molecular flexibility index (Phi) is 7.08. The number of carbonyl (C=O) groups is 2. The zero-order valence-electron chi connectivity index (χ0n) is 13.2. The predicted molar refractivity (Wildman–Crippen MR) is 98.8 cm³/mol. The summed E-state index contributed by atoms with van der Waals surface area (Å²) in [5.74, 6) is -0.210. The molecule has 0 aliphatic rings. The van der Waals surface area contributed by atoms with Crippen molar-refractivity contribution in [3.05, 3.63) is 45.9 Å². The molecule has 0 aliphatic heterocycles. The van der Waals surface area contributed by atoms with Crippen LogP contribution in [-0.4, -0.2) is 29.7 Å². The predicted octanol–water partition coefficient (Wildman–Crippen LogP) is 3.94. The monoisotopic (exact) mass is 384 g/mol. The summed E-state index contributed by atoms with van der Waals surface area (Å²) in [6.07, 6.45) is 0.0984. The van der Waals surface area contributed by atoms with Crippen molar-refractivity contribution in [2.24, 2.45) is 0 Å². The van der Waals surface area contributed by atoms with E-state index in [9.17, 15) is 9.59 Å². The second-order valence-corrected chi connectivity index (χ2v) is 7.51. The number of methoxy groups -OCH3 is 1. The van der Waals surface area contributed by atoms with Crippen molar-refractivity contribution in [1.82, 2.24) is 4.98 Å². The standard InChI is InChI=1S/C16H17ClN2O3S2/c1-10(12-5-3-4-6-13(12)17)23-9-14(20)19-16-18-11(8-24-16)7-15(21)22-2/h3-6,8,10H,7,9H2,1-2H3,(H,18,19,20). The molecule has 128 valence electrons. The molecule has 1 N–H and O–H groups in total. The number of rotatable bonds is 7. The van der Waals surface area contributed by atoms with Gasteiger partial charge < -0.3 is 10.1 Å². The van der Waals surface area contributed by atoms with Gasteiger partial charge >= 0.3 is 5.97 Å². The summed E-state index contributed by atoms with van der Waals surface area (Å²) >= 11 is 8.94. The van der Waals surface area contributed by atoms with Crippen molar-refractivity contribution in [1.29, 1.82) is 0 Å². The van der Waals surface area contributed by atoms with E-state index in [1.54, 1.807) is 5.38 Å². The first-order chi connectivity index (χ1) is 11.5. The maximum absolute atomic E-state index is 12.0. The van der Waals surface area contributed by atoms with E-state index in [0.717, 1.165) is 5.56 Å². The highest BCUT2D eigenvalue weighted by Crippen LogP contribution is 2.32. The molecule has 0 fully saturated rings. The first-order valence-corrected chi connectivity index (χ1v) is 9.47. The summed E-state index contributed by atoms with van der Waals surface area (Å²) in [7, 11) is 1.33. The summed E-state index contributed by atoms with van der Waals surface area (Å²) in [6, 6.07) is 7.60. The van der Waals surface area contributed by atoms with Gasteiger partial charge in [-0.15, -0.1) is 23.1 Å². The molecule has 0 saturated carbocycles. The van der Waals surface area contributed by atoms with E-state index in [2.05, 4.69) is 15.0 Å². The van der Waals surface area contributed by atoms with Crippen molar-refractivity contribution in [2.75, 3.05) is 18.2 Å². The average Bonchev–Trinajstić information content (AvgIpc) is 2.99. The lowest BCUT2D eigenvalue weighted by atomic mass is 10.2. The number of carbonyl (C=O) groups excluding carboxylic acids is 2. The van der Waals surface area contributed by atoms with Crippen molar-refractivity contribution in [3.8, 4) is 0 Å². The Bertz CT molecular complexity index is 721. The van der Waals surface area contributed by atoms with Gasteiger partial charge in [0, 0.05) is 15.7 Å². The lowest BCUT2D eigenvalue weighted by molar-refractivity contribution is -0.139. The number of halogens is 1. The Hall–Kier alpha value is -1.57. The minimum absolute atomic E-state index is 0.0984. The van der Waals surface area contributed by atoms with Crippen molar-refractivity contribution in [3.63, 3.8) is 0 Å². The molecule has 0 radical (unpaired) electrons. The number of hydrogen-bond acceptors (Lipinski definition) is 6. The number of benzene rings is 1. The molecule has 1 heterocycles. The van der Waals surface area contributed by atoms with Crippen molar-refractivity contribution < 1.29 is 14.3 Å². The van der Waals surface area contributed by atoms with Crippen molar-refractivity contribution in [2.45, 2.75) is 18.6 Å². The number of anilines is 1. The summed E-state index contributed by atoms with van der Waals surface area (Å²) < 4.78 is 4.59. The molecule has 5 nitrogen and oxygen atoms in total. The van der Waals surface area contributed by atoms with Crippen LogP contribution in [0.4, 0.5) is 5.13 Å². The van der Waals surface area contributed by atoms with Gasteiger partial charge in [0.05, 0.1) is 25.0 Å². The van der Waals surface area contributed by atoms with Gasteiger partial charge in [-0.05, 0) is 18.6 Å². The van der Waals surface area contributed by atoms with Gasteiger partial charge in [0.2, 0.25) is 5.91 Å². The molecule has 0 spiro atoms. The second kappa shape index (κ2) is 9.05. The highest BCUT2D eigenvalue weighted by Gasteiger charge is 2.14. The SMILES string of the molecule is COC(=O)Cc1csc(NC(=O)CSC(C)c2ccccc2Cl)n1. The van der Waals surface area contributed by atoms with Crippen LogP contribution < -0.4 is 5.32 Å². The van der Waals surface area contributed by atoms with Crippen LogP contribution in [0.5, 0.6) is 0 Å². The topological polar surface area (TPSA) is 68.3 Å². The quantitative estimate of drug-likeness (QED) is 0.732. The minimum atomic E-state index is -0.359. The lowest BCUT2D eigenvalue weighted by Crippen LogP contribution is -2.15. The molecular formula is C16H17ClN2O3S2. The van der Waals surface area contributed by atoms with Crippen LogP contribution in [0.25, 0.3) is 0 Å². The largest absolute Gasteiger partial charge is 0.469 e. The van der Waals surface area contributed by atoms with Gasteiger partial charge in [-0.1, -0.05) is 29.8 Å². The highest BCUT2D eigenvalue weighted by atomic mass is 35.5. The van der Waals surface area contributed by atoms with Gasteiger partial charge in [0.25, 0.3) is 0 Å². The third-order valence-electron chi connectivity index (χ3n) is 3.16. The van der Waals surface area contributed by atoms with Crippen LogP contribution in [0.2, 0.25) is 5.02 Å². The summed E-state index contributed by atoms with van der Waals surface area (Å²) in [5, 5.41) is 5.75. The second-order valence-electron chi connectivity index (χ2n) is 4.92. The van der Waals surface area contributed by atoms with Gasteiger partial charge in [-0.2, -0.15) is 0 Å². The molecular weight excluding hydrogens is 368 g/mol. The Morgan fingerprint density at radius 2 is 2.17 bits per heavy atom. The zero-order valence-corrected chi connectivity index (χ0v) is 15.6. The van der Waals surface area contributed by atoms with E-state index in [-0.39, 0.29) is 29.3 Å². The molecule has 2 aromatic rings. The zero-order chi connectivity index (χ0) is 17.5. The van der Waals surface area contributed by atoms with Crippen LogP contribution in [0.1, 0.15) is 23.4 Å². The van der Waals surface area contributed by atoms with E-state index in [4.69, 9.17) is 11.6 Å². The molecule has 1 aromatic carbocycles. The molecule has 1 aromatic heterocycles. The van der Waals surface area contributed by atoms with E-state index < -0.39 is 0 Å². The van der Waals surface area contributed by atoms with Crippen LogP contribution in [-0.2, 0) is 20.7 Å². The Labute approximate surface area is 153 Å². The fourth-order valence-electron chi connectivity index (χ4n) is 1.92. The molecule has 2 rings (SSSR count). The Morgan fingerprint density at radius 3 is 2.88 bits per heavy atom. The van der Waals surface area contributed by atoms with Crippen LogP contribution in [0.15, 0.2) is 29.6 Å². The van der Waals surface area contributed by atoms with E-state index in [0.29, 0.717) is 15.8 Å². The van der Waals surface area contributed by atoms with Crippen LogP contribution in [0, 0.1) is 0 Å². The fourth-order valence-corrected chi connectivity index (χ4v) is 3.87. The molecule has 1 unspecified atom stereocenters. The normalized spacial score (nSPS) is 11.8.